The molecule has 2 aliphatic heterocycles. The maximum Gasteiger partial charge on any atom is 0.194 e. The van der Waals surface area contributed by atoms with Crippen molar-refractivity contribution in [3.8, 4) is 5.75 Å². The largest absolute Gasteiger partial charge is 0.490 e. The number of hydrogen-bond donors (Lipinski definition) is 1. The molecule has 164 valence electrons. The number of para-hydroxylation sites is 1. The zero-order chi connectivity index (χ0) is 19.7. The number of rotatable bonds is 7. The third kappa shape index (κ3) is 6.91. The van der Waals surface area contributed by atoms with E-state index >= 15 is 0 Å². The Morgan fingerprint density at radius 3 is 2.63 bits per heavy atom. The van der Waals surface area contributed by atoms with Crippen molar-refractivity contribution in [2.45, 2.75) is 44.3 Å². The molecule has 1 atom stereocenters. The van der Waals surface area contributed by atoms with Gasteiger partial charge in [-0.25, -0.2) is 0 Å². The van der Waals surface area contributed by atoms with Gasteiger partial charge in [0.1, 0.15) is 17.6 Å². The van der Waals surface area contributed by atoms with Gasteiger partial charge in [0.2, 0.25) is 0 Å². The molecule has 2 aliphatic rings. The molecule has 6 nitrogen and oxygen atoms in total. The zero-order valence-electron chi connectivity index (χ0n) is 17.4. The van der Waals surface area contributed by atoms with E-state index in [4.69, 9.17) is 18.9 Å². The van der Waals surface area contributed by atoms with Crippen molar-refractivity contribution < 1.29 is 13.9 Å². The number of aliphatic imine (C=N–C) groups is 1. The molecule has 2 aromatic rings. The van der Waals surface area contributed by atoms with Gasteiger partial charge in [-0.2, -0.15) is 0 Å². The summed E-state index contributed by atoms with van der Waals surface area (Å²) in [7, 11) is 0. The van der Waals surface area contributed by atoms with Crippen LogP contribution in [0.3, 0.4) is 0 Å². The molecule has 2 fully saturated rings. The monoisotopic (exact) mass is 525 g/mol. The first-order valence-electron chi connectivity index (χ1n) is 10.8. The first-order chi connectivity index (χ1) is 14.4. The second kappa shape index (κ2) is 12.2. The Kier molecular flexibility index (Phi) is 9.32. The summed E-state index contributed by atoms with van der Waals surface area (Å²) in [5, 5.41) is 3.54. The van der Waals surface area contributed by atoms with Crippen molar-refractivity contribution in [3.63, 3.8) is 0 Å². The summed E-state index contributed by atoms with van der Waals surface area (Å²) < 4.78 is 17.3. The van der Waals surface area contributed by atoms with Crippen LogP contribution in [0.2, 0.25) is 0 Å². The molecular weight excluding hydrogens is 493 g/mol. The van der Waals surface area contributed by atoms with Crippen LogP contribution in [-0.2, 0) is 11.2 Å². The highest BCUT2D eigenvalue weighted by molar-refractivity contribution is 14.0. The van der Waals surface area contributed by atoms with Gasteiger partial charge in [-0.15, -0.1) is 24.0 Å². The Morgan fingerprint density at radius 1 is 1.10 bits per heavy atom. The van der Waals surface area contributed by atoms with Crippen LogP contribution in [0.1, 0.15) is 31.4 Å². The number of likely N-dealkylation sites (tertiary alicyclic amines) is 1. The van der Waals surface area contributed by atoms with Crippen LogP contribution in [0.5, 0.6) is 5.75 Å². The van der Waals surface area contributed by atoms with Crippen LogP contribution >= 0.6 is 24.0 Å². The minimum absolute atomic E-state index is 0. The van der Waals surface area contributed by atoms with Crippen LogP contribution in [-0.4, -0.2) is 55.9 Å². The Hall–Kier alpha value is -1.74. The normalized spacial score (nSPS) is 20.1. The third-order valence-electron chi connectivity index (χ3n) is 5.49. The lowest BCUT2D eigenvalue weighted by Gasteiger charge is -2.34. The number of piperidine rings is 1. The molecule has 0 aliphatic carbocycles. The summed E-state index contributed by atoms with van der Waals surface area (Å²) in [6.07, 6.45) is 7.33. The maximum absolute atomic E-state index is 6.14. The van der Waals surface area contributed by atoms with E-state index in [0.29, 0.717) is 0 Å². The standard InChI is InChI=1S/C23H31N3O3.HI/c1-2-6-20(7-3-1)29-21-11-14-26(15-12-21)23(25-18-22-9-5-17-28-22)24-13-10-19-8-4-16-27-19;/h1-4,6-8,16,21-22H,5,9-15,17-18H2,(H,24,25);1H. The van der Waals surface area contributed by atoms with Gasteiger partial charge in [-0.05, 0) is 37.1 Å². The molecule has 7 heteroatoms. The number of hydrogen-bond acceptors (Lipinski definition) is 4. The summed E-state index contributed by atoms with van der Waals surface area (Å²) in [5.41, 5.74) is 0. The highest BCUT2D eigenvalue weighted by Crippen LogP contribution is 2.19. The van der Waals surface area contributed by atoms with Crippen molar-refractivity contribution in [1.82, 2.24) is 10.2 Å². The molecule has 0 amide bonds. The molecule has 3 heterocycles. The molecule has 1 aromatic heterocycles. The van der Waals surface area contributed by atoms with Crippen LogP contribution in [0, 0.1) is 0 Å². The topological polar surface area (TPSA) is 59.2 Å². The Morgan fingerprint density at radius 2 is 1.93 bits per heavy atom. The van der Waals surface area contributed by atoms with Gasteiger partial charge in [-0.3, -0.25) is 4.99 Å². The average Bonchev–Trinajstić information content (AvgIpc) is 3.46. The van der Waals surface area contributed by atoms with Crippen molar-refractivity contribution >= 4 is 29.9 Å². The van der Waals surface area contributed by atoms with E-state index in [1.165, 1.54) is 0 Å². The van der Waals surface area contributed by atoms with Gasteiger partial charge >= 0.3 is 0 Å². The molecule has 1 aromatic carbocycles. The number of benzene rings is 1. The summed E-state index contributed by atoms with van der Waals surface area (Å²) in [4.78, 5) is 7.24. The van der Waals surface area contributed by atoms with Crippen LogP contribution in [0.15, 0.2) is 58.1 Å². The van der Waals surface area contributed by atoms with E-state index in [0.717, 1.165) is 82.4 Å². The van der Waals surface area contributed by atoms with Crippen LogP contribution < -0.4 is 10.1 Å². The fourth-order valence-electron chi connectivity index (χ4n) is 3.87. The minimum Gasteiger partial charge on any atom is -0.490 e. The summed E-state index contributed by atoms with van der Waals surface area (Å²) in [6.45, 7) is 4.27. The second-order valence-corrected chi connectivity index (χ2v) is 7.67. The minimum atomic E-state index is 0. The first kappa shape index (κ1) is 22.9. The van der Waals surface area contributed by atoms with E-state index in [1.807, 2.05) is 42.5 Å². The van der Waals surface area contributed by atoms with Gasteiger partial charge in [0.15, 0.2) is 5.96 Å². The van der Waals surface area contributed by atoms with Crippen molar-refractivity contribution in [2.24, 2.45) is 4.99 Å². The molecule has 30 heavy (non-hydrogen) atoms. The lowest BCUT2D eigenvalue weighted by Crippen LogP contribution is -2.48. The molecule has 1 unspecified atom stereocenters. The lowest BCUT2D eigenvalue weighted by atomic mass is 10.1. The fraction of sp³-hybridized carbons (Fsp3) is 0.522. The van der Waals surface area contributed by atoms with Crippen LogP contribution in [0.25, 0.3) is 0 Å². The number of ether oxygens (including phenoxy) is 2. The van der Waals surface area contributed by atoms with E-state index < -0.39 is 0 Å². The van der Waals surface area contributed by atoms with Crippen molar-refractivity contribution in [2.75, 3.05) is 32.8 Å². The van der Waals surface area contributed by atoms with E-state index in [1.54, 1.807) is 6.26 Å². The fourth-order valence-corrected chi connectivity index (χ4v) is 3.87. The Balaban J connectivity index is 0.00000256. The molecule has 2 saturated heterocycles. The van der Waals surface area contributed by atoms with Crippen LogP contribution in [0.4, 0.5) is 0 Å². The number of halogens is 1. The van der Waals surface area contributed by atoms with Crippen molar-refractivity contribution in [3.05, 3.63) is 54.5 Å². The van der Waals surface area contributed by atoms with Gasteiger partial charge in [0.25, 0.3) is 0 Å². The molecular formula is C23H32IN3O3. The Labute approximate surface area is 196 Å². The number of nitrogens with zero attached hydrogens (tertiary/aromatic N) is 2. The molecule has 1 N–H and O–H groups in total. The highest BCUT2D eigenvalue weighted by atomic mass is 127. The van der Waals surface area contributed by atoms with Gasteiger partial charge in [-0.1, -0.05) is 18.2 Å². The van der Waals surface area contributed by atoms with E-state index in [9.17, 15) is 0 Å². The number of furan rings is 1. The lowest BCUT2D eigenvalue weighted by molar-refractivity contribution is 0.116. The Bertz CT molecular complexity index is 740. The predicted molar refractivity (Wildman–Crippen MR) is 129 cm³/mol. The van der Waals surface area contributed by atoms with Crippen molar-refractivity contribution in [1.29, 1.82) is 0 Å². The van der Waals surface area contributed by atoms with E-state index in [2.05, 4.69) is 10.2 Å². The zero-order valence-corrected chi connectivity index (χ0v) is 19.7. The third-order valence-corrected chi connectivity index (χ3v) is 5.49. The summed E-state index contributed by atoms with van der Waals surface area (Å²) >= 11 is 0. The predicted octanol–water partition coefficient (Wildman–Crippen LogP) is 4.11. The molecule has 4 rings (SSSR count). The summed E-state index contributed by atoms with van der Waals surface area (Å²) in [5.74, 6) is 2.92. The smallest absolute Gasteiger partial charge is 0.194 e. The van der Waals surface area contributed by atoms with E-state index in [-0.39, 0.29) is 36.2 Å². The van der Waals surface area contributed by atoms with Gasteiger partial charge in [0, 0.05) is 45.5 Å². The number of nitrogens with one attached hydrogen (secondary N) is 1. The second-order valence-electron chi connectivity index (χ2n) is 7.67. The SMILES string of the molecule is I.c1ccc(OC2CCN(C(=NCC3CCCO3)NCCc3ccco3)CC2)cc1. The molecule has 0 bridgehead atoms. The van der Waals surface area contributed by atoms with Gasteiger partial charge < -0.3 is 24.1 Å². The number of guanidine groups is 1. The van der Waals surface area contributed by atoms with Gasteiger partial charge in [0.05, 0.1) is 18.9 Å². The summed E-state index contributed by atoms with van der Waals surface area (Å²) in [6, 6.07) is 14.0. The highest BCUT2D eigenvalue weighted by Gasteiger charge is 2.23. The quantitative estimate of drug-likeness (QED) is 0.335. The maximum atomic E-state index is 6.14. The molecule has 0 radical (unpaired) electrons. The molecule has 0 saturated carbocycles. The molecule has 0 spiro atoms. The first-order valence-corrected chi connectivity index (χ1v) is 10.8. The average molecular weight is 525 g/mol.